The highest BCUT2D eigenvalue weighted by Gasteiger charge is 2.10. The molecule has 0 bridgehead atoms. The van der Waals surface area contributed by atoms with Crippen LogP contribution in [-0.4, -0.2) is 44.9 Å². The van der Waals surface area contributed by atoms with Gasteiger partial charge in [0.2, 0.25) is 5.91 Å². The Morgan fingerprint density at radius 3 is 2.52 bits per heavy atom. The quantitative estimate of drug-likeness (QED) is 0.562. The zero-order valence-electron chi connectivity index (χ0n) is 15.2. The van der Waals surface area contributed by atoms with Crippen molar-refractivity contribution in [3.8, 4) is 22.4 Å². The van der Waals surface area contributed by atoms with E-state index in [-0.39, 0.29) is 12.5 Å². The minimum Gasteiger partial charge on any atom is -0.347 e. The van der Waals surface area contributed by atoms with Gasteiger partial charge in [-0.2, -0.15) is 0 Å². The van der Waals surface area contributed by atoms with Gasteiger partial charge in [-0.1, -0.05) is 53.7 Å². The summed E-state index contributed by atoms with van der Waals surface area (Å²) in [5.74, 6) is -0.0229. The van der Waals surface area contributed by atoms with Crippen LogP contribution in [-0.2, 0) is 11.3 Å². The molecular formula is C21H19N5O. The molecule has 1 amide bonds. The average molecular weight is 357 g/mol. The van der Waals surface area contributed by atoms with Gasteiger partial charge >= 0.3 is 0 Å². The Bertz CT molecular complexity index is 1090. The number of amides is 1. The van der Waals surface area contributed by atoms with Crippen LogP contribution in [0.15, 0.2) is 67.1 Å². The van der Waals surface area contributed by atoms with Gasteiger partial charge in [-0.15, -0.1) is 5.10 Å². The van der Waals surface area contributed by atoms with Crippen molar-refractivity contribution in [2.75, 3.05) is 14.1 Å². The van der Waals surface area contributed by atoms with E-state index >= 15 is 0 Å². The van der Waals surface area contributed by atoms with Crippen molar-refractivity contribution in [3.63, 3.8) is 0 Å². The Morgan fingerprint density at radius 2 is 1.74 bits per heavy atom. The summed E-state index contributed by atoms with van der Waals surface area (Å²) in [5.41, 5.74) is 3.89. The first-order valence-corrected chi connectivity index (χ1v) is 8.65. The summed E-state index contributed by atoms with van der Waals surface area (Å²) in [6.07, 6.45) is 5.55. The molecule has 0 aliphatic rings. The van der Waals surface area contributed by atoms with E-state index in [1.54, 1.807) is 25.0 Å². The number of aromatic nitrogens is 4. The molecule has 0 unspecified atom stereocenters. The summed E-state index contributed by atoms with van der Waals surface area (Å²) in [6.45, 7) is 0.180. The lowest BCUT2D eigenvalue weighted by atomic mass is 9.99. The van der Waals surface area contributed by atoms with E-state index in [2.05, 4.69) is 39.6 Å². The first kappa shape index (κ1) is 16.9. The lowest BCUT2D eigenvalue weighted by molar-refractivity contribution is -0.129. The Morgan fingerprint density at radius 1 is 1.00 bits per heavy atom. The van der Waals surface area contributed by atoms with Crippen molar-refractivity contribution >= 4 is 16.7 Å². The molecule has 0 atom stereocenters. The highest BCUT2D eigenvalue weighted by Crippen LogP contribution is 2.29. The minimum absolute atomic E-state index is 0.0229. The van der Waals surface area contributed by atoms with Crippen molar-refractivity contribution in [2.45, 2.75) is 6.54 Å². The van der Waals surface area contributed by atoms with E-state index in [1.807, 2.05) is 36.7 Å². The van der Waals surface area contributed by atoms with Gasteiger partial charge in [0.25, 0.3) is 0 Å². The number of benzene rings is 2. The molecule has 4 rings (SSSR count). The van der Waals surface area contributed by atoms with Crippen LogP contribution >= 0.6 is 0 Å². The van der Waals surface area contributed by atoms with Gasteiger partial charge in [0.1, 0.15) is 12.2 Å². The van der Waals surface area contributed by atoms with Gasteiger partial charge in [0, 0.05) is 43.0 Å². The predicted octanol–water partition coefficient (Wildman–Crippen LogP) is 3.25. The summed E-state index contributed by atoms with van der Waals surface area (Å²) in [4.78, 5) is 17.7. The molecule has 0 spiro atoms. The number of carbonyl (C=O) groups excluding carboxylic acids is 1. The average Bonchev–Trinajstić information content (AvgIpc) is 3.16. The standard InChI is InChI=1S/C21H19N5O/c1-25(2)21(27)14-26-13-20(23-24-26)16-9-7-15(8-10-16)19-12-22-11-17-5-3-4-6-18(17)19/h3-13H,14H2,1-2H3. The van der Waals surface area contributed by atoms with Gasteiger partial charge < -0.3 is 4.90 Å². The fourth-order valence-electron chi connectivity index (χ4n) is 2.96. The number of rotatable bonds is 4. The molecule has 0 aliphatic heterocycles. The second-order valence-corrected chi connectivity index (χ2v) is 6.58. The molecule has 6 nitrogen and oxygen atoms in total. The summed E-state index contributed by atoms with van der Waals surface area (Å²) in [7, 11) is 3.45. The number of pyridine rings is 1. The van der Waals surface area contributed by atoms with Crippen LogP contribution in [0.4, 0.5) is 0 Å². The minimum atomic E-state index is -0.0229. The van der Waals surface area contributed by atoms with Crippen molar-refractivity contribution in [1.29, 1.82) is 0 Å². The third-order valence-corrected chi connectivity index (χ3v) is 4.49. The van der Waals surface area contributed by atoms with Crippen LogP contribution in [0.1, 0.15) is 0 Å². The lowest BCUT2D eigenvalue weighted by Crippen LogP contribution is -2.26. The molecule has 134 valence electrons. The summed E-state index contributed by atoms with van der Waals surface area (Å²) < 4.78 is 1.56. The van der Waals surface area contributed by atoms with E-state index in [1.165, 1.54) is 10.3 Å². The van der Waals surface area contributed by atoms with E-state index in [0.29, 0.717) is 0 Å². The smallest absolute Gasteiger partial charge is 0.243 e. The van der Waals surface area contributed by atoms with Crippen molar-refractivity contribution in [1.82, 2.24) is 24.9 Å². The second kappa shape index (κ2) is 6.99. The molecule has 6 heteroatoms. The fourth-order valence-corrected chi connectivity index (χ4v) is 2.96. The number of carbonyl (C=O) groups is 1. The molecule has 2 heterocycles. The van der Waals surface area contributed by atoms with E-state index in [9.17, 15) is 4.79 Å². The Hall–Kier alpha value is -3.54. The summed E-state index contributed by atoms with van der Waals surface area (Å²) >= 11 is 0. The van der Waals surface area contributed by atoms with Crippen LogP contribution in [0.25, 0.3) is 33.2 Å². The SMILES string of the molecule is CN(C)C(=O)Cn1cc(-c2ccc(-c3cncc4ccccc34)cc2)nn1. The largest absolute Gasteiger partial charge is 0.347 e. The van der Waals surface area contributed by atoms with Gasteiger partial charge in [-0.25, -0.2) is 4.68 Å². The maximum absolute atomic E-state index is 11.8. The monoisotopic (exact) mass is 357 g/mol. The third-order valence-electron chi connectivity index (χ3n) is 4.49. The molecule has 2 aromatic carbocycles. The number of hydrogen-bond acceptors (Lipinski definition) is 4. The molecule has 0 saturated carbocycles. The normalized spacial score (nSPS) is 10.9. The van der Waals surface area contributed by atoms with Crippen molar-refractivity contribution in [3.05, 3.63) is 67.1 Å². The van der Waals surface area contributed by atoms with Crippen LogP contribution in [0, 0.1) is 0 Å². The maximum Gasteiger partial charge on any atom is 0.243 e. The third kappa shape index (κ3) is 3.42. The Kier molecular flexibility index (Phi) is 4.38. The maximum atomic E-state index is 11.8. The molecule has 0 aliphatic carbocycles. The molecule has 0 fully saturated rings. The van der Waals surface area contributed by atoms with Gasteiger partial charge in [-0.05, 0) is 10.9 Å². The van der Waals surface area contributed by atoms with Gasteiger partial charge in [-0.3, -0.25) is 9.78 Å². The highest BCUT2D eigenvalue weighted by atomic mass is 16.2. The van der Waals surface area contributed by atoms with Crippen molar-refractivity contribution in [2.24, 2.45) is 0 Å². The first-order chi connectivity index (χ1) is 13.1. The molecule has 2 aromatic heterocycles. The topological polar surface area (TPSA) is 63.9 Å². The lowest BCUT2D eigenvalue weighted by Gasteiger charge is -2.08. The Balaban J connectivity index is 1.61. The number of likely N-dealkylation sites (N-methyl/N-ethyl adjacent to an activating group) is 1. The first-order valence-electron chi connectivity index (χ1n) is 8.65. The number of hydrogen-bond donors (Lipinski definition) is 0. The van der Waals surface area contributed by atoms with Gasteiger partial charge in [0.15, 0.2) is 0 Å². The fraction of sp³-hybridized carbons (Fsp3) is 0.143. The van der Waals surface area contributed by atoms with E-state index < -0.39 is 0 Å². The second-order valence-electron chi connectivity index (χ2n) is 6.58. The molecule has 0 radical (unpaired) electrons. The molecular weight excluding hydrogens is 338 g/mol. The van der Waals surface area contributed by atoms with Gasteiger partial charge in [0.05, 0.1) is 6.20 Å². The Labute approximate surface area is 157 Å². The van der Waals surface area contributed by atoms with Crippen molar-refractivity contribution < 1.29 is 4.79 Å². The van der Waals surface area contributed by atoms with Crippen LogP contribution < -0.4 is 0 Å². The highest BCUT2D eigenvalue weighted by molar-refractivity contribution is 5.95. The zero-order valence-corrected chi connectivity index (χ0v) is 15.2. The zero-order chi connectivity index (χ0) is 18.8. The van der Waals surface area contributed by atoms with Crippen LogP contribution in [0.3, 0.4) is 0 Å². The van der Waals surface area contributed by atoms with Crippen LogP contribution in [0.2, 0.25) is 0 Å². The predicted molar refractivity (Wildman–Crippen MR) is 105 cm³/mol. The molecule has 0 N–H and O–H groups in total. The molecule has 0 saturated heterocycles. The van der Waals surface area contributed by atoms with Crippen LogP contribution in [0.5, 0.6) is 0 Å². The summed E-state index contributed by atoms with van der Waals surface area (Å²) in [5, 5.41) is 10.5. The molecule has 4 aromatic rings. The van der Waals surface area contributed by atoms with E-state index in [0.717, 1.165) is 27.8 Å². The molecule has 27 heavy (non-hydrogen) atoms. The number of fused-ring (bicyclic) bond motifs is 1. The number of nitrogens with zero attached hydrogens (tertiary/aromatic N) is 5. The van der Waals surface area contributed by atoms with E-state index in [4.69, 9.17) is 0 Å². The summed E-state index contributed by atoms with van der Waals surface area (Å²) in [6, 6.07) is 16.4.